The van der Waals surface area contributed by atoms with E-state index < -0.39 is 0 Å². The molecular formula is C14H24O. The minimum absolute atomic E-state index is 0.00414. The van der Waals surface area contributed by atoms with E-state index in [-0.39, 0.29) is 5.41 Å². The second-order valence-electron chi connectivity index (χ2n) is 6.31. The minimum Gasteiger partial charge on any atom is -0.299 e. The van der Waals surface area contributed by atoms with Crippen molar-refractivity contribution in [2.75, 3.05) is 0 Å². The standard InChI is InChI=1S/C14H24O/c1-9-7-11(3)14(4)12(8-9)10(2)5-6-13(14)15/h9-12H,5-8H2,1-4H3. The maximum atomic E-state index is 12.2. The van der Waals surface area contributed by atoms with E-state index >= 15 is 0 Å². The van der Waals surface area contributed by atoms with Gasteiger partial charge in [0, 0.05) is 11.8 Å². The first-order valence-corrected chi connectivity index (χ1v) is 6.49. The molecule has 5 unspecified atom stereocenters. The molecule has 0 aromatic carbocycles. The highest BCUT2D eigenvalue weighted by atomic mass is 16.1. The summed E-state index contributed by atoms with van der Waals surface area (Å²) in [6, 6.07) is 0. The summed E-state index contributed by atoms with van der Waals surface area (Å²) in [5, 5.41) is 0. The molecule has 2 fully saturated rings. The third kappa shape index (κ3) is 1.55. The van der Waals surface area contributed by atoms with Crippen LogP contribution < -0.4 is 0 Å². The van der Waals surface area contributed by atoms with Crippen LogP contribution in [0.15, 0.2) is 0 Å². The molecule has 0 saturated heterocycles. The highest BCUT2D eigenvalue weighted by molar-refractivity contribution is 5.86. The third-order valence-corrected chi connectivity index (χ3v) is 5.32. The van der Waals surface area contributed by atoms with Gasteiger partial charge >= 0.3 is 0 Å². The van der Waals surface area contributed by atoms with Gasteiger partial charge in [-0.3, -0.25) is 4.79 Å². The summed E-state index contributed by atoms with van der Waals surface area (Å²) in [4.78, 5) is 12.2. The van der Waals surface area contributed by atoms with E-state index in [1.54, 1.807) is 0 Å². The van der Waals surface area contributed by atoms with Gasteiger partial charge in [-0.25, -0.2) is 0 Å². The van der Waals surface area contributed by atoms with E-state index in [0.717, 1.165) is 24.7 Å². The van der Waals surface area contributed by atoms with Crippen molar-refractivity contribution < 1.29 is 4.79 Å². The summed E-state index contributed by atoms with van der Waals surface area (Å²) in [7, 11) is 0. The molecule has 0 aromatic rings. The molecule has 1 nitrogen and oxygen atoms in total. The number of hydrogen-bond acceptors (Lipinski definition) is 1. The Kier molecular flexibility index (Phi) is 2.68. The Morgan fingerprint density at radius 3 is 2.53 bits per heavy atom. The lowest BCUT2D eigenvalue weighted by atomic mass is 9.51. The molecular weight excluding hydrogens is 184 g/mol. The number of hydrogen-bond donors (Lipinski definition) is 0. The van der Waals surface area contributed by atoms with Gasteiger partial charge in [0.05, 0.1) is 0 Å². The normalized spacial score (nSPS) is 51.3. The van der Waals surface area contributed by atoms with Gasteiger partial charge in [-0.05, 0) is 42.9 Å². The van der Waals surface area contributed by atoms with Gasteiger partial charge < -0.3 is 0 Å². The fraction of sp³-hybridized carbons (Fsp3) is 0.929. The van der Waals surface area contributed by atoms with Gasteiger partial charge in [0.15, 0.2) is 0 Å². The van der Waals surface area contributed by atoms with Gasteiger partial charge in [-0.2, -0.15) is 0 Å². The Hall–Kier alpha value is -0.330. The molecule has 1 heteroatoms. The van der Waals surface area contributed by atoms with Crippen molar-refractivity contribution in [1.29, 1.82) is 0 Å². The first-order chi connectivity index (χ1) is 6.96. The lowest BCUT2D eigenvalue weighted by Gasteiger charge is -2.52. The lowest BCUT2D eigenvalue weighted by molar-refractivity contribution is -0.146. The molecule has 0 aromatic heterocycles. The Morgan fingerprint density at radius 1 is 1.20 bits per heavy atom. The van der Waals surface area contributed by atoms with Crippen molar-refractivity contribution in [1.82, 2.24) is 0 Å². The number of carbonyl (C=O) groups is 1. The molecule has 0 spiro atoms. The van der Waals surface area contributed by atoms with Crippen LogP contribution in [0.2, 0.25) is 0 Å². The van der Waals surface area contributed by atoms with Crippen LogP contribution in [0.3, 0.4) is 0 Å². The second-order valence-corrected chi connectivity index (χ2v) is 6.31. The number of Topliss-reactive ketones (excluding diaryl/α,β-unsaturated/α-hetero) is 1. The summed E-state index contributed by atoms with van der Waals surface area (Å²) in [6.45, 7) is 9.23. The number of ketones is 1. The van der Waals surface area contributed by atoms with E-state index in [1.165, 1.54) is 12.8 Å². The Bertz CT molecular complexity index is 271. The monoisotopic (exact) mass is 208 g/mol. The smallest absolute Gasteiger partial charge is 0.139 e. The largest absolute Gasteiger partial charge is 0.299 e. The Labute approximate surface area is 93.6 Å². The fourth-order valence-electron chi connectivity index (χ4n) is 4.12. The molecule has 86 valence electrons. The molecule has 0 aliphatic heterocycles. The average molecular weight is 208 g/mol. The zero-order chi connectivity index (χ0) is 11.2. The molecule has 0 N–H and O–H groups in total. The van der Waals surface area contributed by atoms with Crippen molar-refractivity contribution in [3.8, 4) is 0 Å². The maximum absolute atomic E-state index is 12.2. The molecule has 2 aliphatic carbocycles. The minimum atomic E-state index is 0.00414. The predicted molar refractivity (Wildman–Crippen MR) is 62.6 cm³/mol. The second kappa shape index (κ2) is 3.61. The van der Waals surface area contributed by atoms with Crippen LogP contribution in [0.5, 0.6) is 0 Å². The highest BCUT2D eigenvalue weighted by Crippen LogP contribution is 2.54. The first-order valence-electron chi connectivity index (χ1n) is 6.49. The van der Waals surface area contributed by atoms with E-state index in [9.17, 15) is 4.79 Å². The summed E-state index contributed by atoms with van der Waals surface area (Å²) in [5.74, 6) is 3.34. The number of rotatable bonds is 0. The van der Waals surface area contributed by atoms with E-state index in [1.807, 2.05) is 0 Å². The van der Waals surface area contributed by atoms with E-state index in [4.69, 9.17) is 0 Å². The summed E-state index contributed by atoms with van der Waals surface area (Å²) >= 11 is 0. The molecule has 0 amide bonds. The van der Waals surface area contributed by atoms with Crippen molar-refractivity contribution in [2.24, 2.45) is 29.1 Å². The number of fused-ring (bicyclic) bond motifs is 1. The zero-order valence-electron chi connectivity index (χ0n) is 10.5. The van der Waals surface area contributed by atoms with Crippen molar-refractivity contribution >= 4 is 5.78 Å². The van der Waals surface area contributed by atoms with Crippen molar-refractivity contribution in [3.63, 3.8) is 0 Å². The molecule has 2 rings (SSSR count). The predicted octanol–water partition coefficient (Wildman–Crippen LogP) is 3.67. The van der Waals surface area contributed by atoms with Crippen molar-refractivity contribution in [3.05, 3.63) is 0 Å². The van der Waals surface area contributed by atoms with Gasteiger partial charge in [0.25, 0.3) is 0 Å². The van der Waals surface area contributed by atoms with Crippen LogP contribution >= 0.6 is 0 Å². The number of carbonyl (C=O) groups excluding carboxylic acids is 1. The fourth-order valence-corrected chi connectivity index (χ4v) is 4.12. The van der Waals surface area contributed by atoms with Gasteiger partial charge in [-0.1, -0.05) is 27.7 Å². The van der Waals surface area contributed by atoms with E-state index in [0.29, 0.717) is 17.6 Å². The molecule has 2 saturated carbocycles. The SMILES string of the molecule is CC1CC(C)C2(C)C(=O)CCC(C)C2C1. The lowest BCUT2D eigenvalue weighted by Crippen LogP contribution is -2.51. The van der Waals surface area contributed by atoms with Crippen molar-refractivity contribution in [2.45, 2.75) is 53.4 Å². The van der Waals surface area contributed by atoms with E-state index in [2.05, 4.69) is 27.7 Å². The molecule has 0 radical (unpaired) electrons. The van der Waals surface area contributed by atoms with Crippen LogP contribution in [0.1, 0.15) is 53.4 Å². The molecule has 0 bridgehead atoms. The quantitative estimate of drug-likeness (QED) is 0.593. The van der Waals surface area contributed by atoms with Crippen LogP contribution in [-0.2, 0) is 4.79 Å². The Balaban J connectivity index is 2.32. The maximum Gasteiger partial charge on any atom is 0.139 e. The average Bonchev–Trinajstić information content (AvgIpc) is 2.17. The van der Waals surface area contributed by atoms with Gasteiger partial charge in [0.1, 0.15) is 5.78 Å². The first kappa shape index (κ1) is 11.2. The molecule has 0 heterocycles. The van der Waals surface area contributed by atoms with Crippen LogP contribution in [-0.4, -0.2) is 5.78 Å². The summed E-state index contributed by atoms with van der Waals surface area (Å²) < 4.78 is 0. The molecule has 2 aliphatic rings. The van der Waals surface area contributed by atoms with Gasteiger partial charge in [-0.15, -0.1) is 0 Å². The summed E-state index contributed by atoms with van der Waals surface area (Å²) in [5.41, 5.74) is 0.00414. The van der Waals surface area contributed by atoms with Crippen LogP contribution in [0.25, 0.3) is 0 Å². The highest BCUT2D eigenvalue weighted by Gasteiger charge is 2.52. The molecule has 5 atom stereocenters. The Morgan fingerprint density at radius 2 is 1.87 bits per heavy atom. The summed E-state index contributed by atoms with van der Waals surface area (Å²) in [6.07, 6.45) is 4.46. The van der Waals surface area contributed by atoms with Crippen LogP contribution in [0.4, 0.5) is 0 Å². The van der Waals surface area contributed by atoms with Gasteiger partial charge in [0.2, 0.25) is 0 Å². The zero-order valence-corrected chi connectivity index (χ0v) is 10.5. The third-order valence-electron chi connectivity index (χ3n) is 5.32. The van der Waals surface area contributed by atoms with Crippen LogP contribution in [0, 0.1) is 29.1 Å². The molecule has 15 heavy (non-hydrogen) atoms. The topological polar surface area (TPSA) is 17.1 Å².